The van der Waals surface area contributed by atoms with Crippen molar-refractivity contribution >= 4 is 15.7 Å². The summed E-state index contributed by atoms with van der Waals surface area (Å²) >= 11 is 0. The maximum Gasteiger partial charge on any atom is 0.265 e. The number of H-pyrrole nitrogens is 1. The average Bonchev–Trinajstić information content (AvgIpc) is 2.81. The number of hydrogen-bond donors (Lipinski definition) is 3. The van der Waals surface area contributed by atoms with Crippen molar-refractivity contribution in [3.05, 3.63) is 35.7 Å². The molecular formula is C13H18N4O3S. The minimum atomic E-state index is -3.75. The first-order valence-electron chi connectivity index (χ1n) is 6.34. The number of sulfonamides is 1. The number of para-hydroxylation sites is 2. The van der Waals surface area contributed by atoms with E-state index < -0.39 is 10.0 Å². The van der Waals surface area contributed by atoms with Gasteiger partial charge in [0.1, 0.15) is 10.6 Å². The first-order valence-corrected chi connectivity index (χ1v) is 7.82. The molecule has 0 saturated carbocycles. The van der Waals surface area contributed by atoms with Crippen molar-refractivity contribution in [2.75, 3.05) is 18.9 Å². The first kappa shape index (κ1) is 15.3. The first-order chi connectivity index (χ1) is 9.99. The Morgan fingerprint density at radius 1 is 1.33 bits per heavy atom. The van der Waals surface area contributed by atoms with E-state index in [0.717, 1.165) is 0 Å². The van der Waals surface area contributed by atoms with Gasteiger partial charge in [0.2, 0.25) is 0 Å². The van der Waals surface area contributed by atoms with Gasteiger partial charge >= 0.3 is 0 Å². The summed E-state index contributed by atoms with van der Waals surface area (Å²) in [5, 5.41) is 9.62. The topological polar surface area (TPSA) is 96.1 Å². The zero-order valence-corrected chi connectivity index (χ0v) is 12.9. The van der Waals surface area contributed by atoms with E-state index in [1.807, 2.05) is 0 Å². The number of anilines is 1. The number of rotatable bonds is 6. The van der Waals surface area contributed by atoms with Gasteiger partial charge in [0, 0.05) is 6.54 Å². The summed E-state index contributed by atoms with van der Waals surface area (Å²) < 4.78 is 32.9. The van der Waals surface area contributed by atoms with E-state index in [2.05, 4.69) is 20.2 Å². The van der Waals surface area contributed by atoms with Crippen LogP contribution in [0.25, 0.3) is 0 Å². The molecule has 3 N–H and O–H groups in total. The fraction of sp³-hybridized carbons (Fsp3) is 0.308. The largest absolute Gasteiger partial charge is 0.495 e. The van der Waals surface area contributed by atoms with Crippen LogP contribution in [0.5, 0.6) is 5.75 Å². The number of methoxy groups -OCH3 is 1. The maximum absolute atomic E-state index is 12.6. The molecular weight excluding hydrogens is 292 g/mol. The van der Waals surface area contributed by atoms with Crippen LogP contribution < -0.4 is 14.8 Å². The highest BCUT2D eigenvalue weighted by atomic mass is 32.2. The van der Waals surface area contributed by atoms with Gasteiger partial charge in [-0.2, -0.15) is 5.10 Å². The Labute approximate surface area is 123 Å². The second-order valence-corrected chi connectivity index (χ2v) is 6.08. The molecule has 0 spiro atoms. The van der Waals surface area contributed by atoms with E-state index in [4.69, 9.17) is 4.74 Å². The van der Waals surface area contributed by atoms with Crippen molar-refractivity contribution in [3.63, 3.8) is 0 Å². The van der Waals surface area contributed by atoms with Crippen LogP contribution >= 0.6 is 0 Å². The minimum absolute atomic E-state index is 0.155. The van der Waals surface area contributed by atoms with Crippen molar-refractivity contribution in [1.82, 2.24) is 15.5 Å². The Morgan fingerprint density at radius 3 is 2.71 bits per heavy atom. The van der Waals surface area contributed by atoms with Gasteiger partial charge in [-0.3, -0.25) is 9.82 Å². The van der Waals surface area contributed by atoms with Crippen LogP contribution in [0.15, 0.2) is 29.2 Å². The lowest BCUT2D eigenvalue weighted by molar-refractivity contribution is 0.417. The van der Waals surface area contributed by atoms with Gasteiger partial charge in [0.25, 0.3) is 10.0 Å². The van der Waals surface area contributed by atoms with Gasteiger partial charge in [-0.1, -0.05) is 12.1 Å². The molecule has 0 fully saturated rings. The van der Waals surface area contributed by atoms with Crippen molar-refractivity contribution < 1.29 is 13.2 Å². The van der Waals surface area contributed by atoms with Crippen LogP contribution in [0.2, 0.25) is 0 Å². The van der Waals surface area contributed by atoms with Crippen LogP contribution in [-0.2, 0) is 16.6 Å². The highest BCUT2D eigenvalue weighted by molar-refractivity contribution is 7.92. The molecule has 0 atom stereocenters. The number of ether oxygens (including phenoxy) is 1. The van der Waals surface area contributed by atoms with Crippen molar-refractivity contribution in [2.45, 2.75) is 18.4 Å². The third-order valence-electron chi connectivity index (χ3n) is 2.93. The van der Waals surface area contributed by atoms with Crippen LogP contribution in [0.3, 0.4) is 0 Å². The molecule has 0 bridgehead atoms. The van der Waals surface area contributed by atoms with Crippen molar-refractivity contribution in [1.29, 1.82) is 0 Å². The summed E-state index contributed by atoms with van der Waals surface area (Å²) in [6.45, 7) is 2.02. The van der Waals surface area contributed by atoms with Gasteiger partial charge < -0.3 is 10.1 Å². The molecule has 0 aliphatic heterocycles. The Balaban J connectivity index is 2.41. The molecule has 21 heavy (non-hydrogen) atoms. The Kier molecular flexibility index (Phi) is 4.49. The highest BCUT2D eigenvalue weighted by Crippen LogP contribution is 2.27. The summed E-state index contributed by atoms with van der Waals surface area (Å²) in [5.41, 5.74) is 1.32. The summed E-state index contributed by atoms with van der Waals surface area (Å²) in [5.74, 6) is 0.456. The van der Waals surface area contributed by atoms with E-state index >= 15 is 0 Å². The van der Waals surface area contributed by atoms with E-state index in [1.165, 1.54) is 7.11 Å². The number of benzene rings is 1. The van der Waals surface area contributed by atoms with E-state index in [1.54, 1.807) is 38.2 Å². The monoisotopic (exact) mass is 310 g/mol. The Hall–Kier alpha value is -2.06. The van der Waals surface area contributed by atoms with Crippen LogP contribution in [-0.4, -0.2) is 32.8 Å². The summed E-state index contributed by atoms with van der Waals surface area (Å²) in [6, 6.07) is 6.83. The molecule has 1 aromatic carbocycles. The lowest BCUT2D eigenvalue weighted by Crippen LogP contribution is -2.17. The zero-order chi connectivity index (χ0) is 15.5. The predicted molar refractivity (Wildman–Crippen MR) is 79.9 cm³/mol. The molecule has 1 heterocycles. The molecule has 0 aliphatic carbocycles. The van der Waals surface area contributed by atoms with Gasteiger partial charge in [-0.05, 0) is 26.1 Å². The quantitative estimate of drug-likeness (QED) is 0.746. The molecule has 0 saturated heterocycles. The lowest BCUT2D eigenvalue weighted by Gasteiger charge is -2.12. The van der Waals surface area contributed by atoms with Gasteiger partial charge in [-0.15, -0.1) is 0 Å². The Morgan fingerprint density at radius 2 is 2.05 bits per heavy atom. The van der Waals surface area contributed by atoms with E-state index in [0.29, 0.717) is 29.4 Å². The molecule has 2 aromatic rings. The second-order valence-electron chi connectivity index (χ2n) is 4.46. The van der Waals surface area contributed by atoms with Gasteiger partial charge in [0.05, 0.1) is 24.2 Å². The van der Waals surface area contributed by atoms with Crippen molar-refractivity contribution in [3.8, 4) is 5.75 Å². The summed E-state index contributed by atoms with van der Waals surface area (Å²) in [4.78, 5) is 0.155. The van der Waals surface area contributed by atoms with Gasteiger partial charge in [0.15, 0.2) is 0 Å². The number of hydrogen-bond acceptors (Lipinski definition) is 5. The third-order valence-corrected chi connectivity index (χ3v) is 4.49. The standard InChI is InChI=1S/C13H18N4O3S/c1-9-13(11(8-14-2)16-15-9)21(18,19)17-10-6-4-5-7-12(10)20-3/h4-7,14,17H,8H2,1-3H3,(H,15,16). The van der Waals surface area contributed by atoms with Crippen LogP contribution in [0, 0.1) is 6.92 Å². The smallest absolute Gasteiger partial charge is 0.265 e. The fourth-order valence-corrected chi connectivity index (χ4v) is 3.47. The number of aromatic amines is 1. The Bertz CT molecular complexity index is 725. The molecule has 0 amide bonds. The summed E-state index contributed by atoms with van der Waals surface area (Å²) in [7, 11) is -0.531. The predicted octanol–water partition coefficient (Wildman–Crippen LogP) is 1.25. The molecule has 0 radical (unpaired) electrons. The number of aromatic nitrogens is 2. The van der Waals surface area contributed by atoms with Gasteiger partial charge in [-0.25, -0.2) is 8.42 Å². The van der Waals surface area contributed by atoms with E-state index in [-0.39, 0.29) is 4.90 Å². The van der Waals surface area contributed by atoms with Crippen LogP contribution in [0.4, 0.5) is 5.69 Å². The minimum Gasteiger partial charge on any atom is -0.495 e. The highest BCUT2D eigenvalue weighted by Gasteiger charge is 2.25. The average molecular weight is 310 g/mol. The fourth-order valence-electron chi connectivity index (χ4n) is 2.04. The zero-order valence-electron chi connectivity index (χ0n) is 12.1. The molecule has 0 aliphatic rings. The number of nitrogens with zero attached hydrogens (tertiary/aromatic N) is 1. The maximum atomic E-state index is 12.6. The molecule has 0 unspecified atom stereocenters. The lowest BCUT2D eigenvalue weighted by atomic mass is 10.3. The normalized spacial score (nSPS) is 11.4. The summed E-state index contributed by atoms with van der Waals surface area (Å²) in [6.07, 6.45) is 0. The molecule has 8 heteroatoms. The molecule has 2 rings (SSSR count). The van der Waals surface area contributed by atoms with E-state index in [9.17, 15) is 8.42 Å². The van der Waals surface area contributed by atoms with Crippen molar-refractivity contribution in [2.24, 2.45) is 0 Å². The van der Waals surface area contributed by atoms with Crippen LogP contribution in [0.1, 0.15) is 11.4 Å². The second kappa shape index (κ2) is 6.15. The molecule has 1 aromatic heterocycles. The number of aryl methyl sites for hydroxylation is 1. The molecule has 7 nitrogen and oxygen atoms in total. The SMILES string of the molecule is CNCc1n[nH]c(C)c1S(=O)(=O)Nc1ccccc1OC. The molecule has 114 valence electrons. The third kappa shape index (κ3) is 3.17. The number of nitrogens with one attached hydrogen (secondary N) is 3.